The Bertz CT molecular complexity index is 153. The molecule has 1 saturated carbocycles. The zero-order valence-electron chi connectivity index (χ0n) is 6.01. The zero-order valence-corrected chi connectivity index (χ0v) is 6.01. The summed E-state index contributed by atoms with van der Waals surface area (Å²) in [5.41, 5.74) is 0. The van der Waals surface area contributed by atoms with Crippen LogP contribution >= 0.6 is 0 Å². The highest BCUT2D eigenvalue weighted by atomic mass is 16.5. The van der Waals surface area contributed by atoms with Crippen LogP contribution in [0.2, 0.25) is 0 Å². The van der Waals surface area contributed by atoms with Gasteiger partial charge in [-0.3, -0.25) is 4.79 Å². The Hall–Kier alpha value is -0.530. The molecule has 56 valence electrons. The molecule has 0 radical (unpaired) electrons. The number of hydrogen-bond donors (Lipinski definition) is 0. The molecule has 0 N–H and O–H groups in total. The summed E-state index contributed by atoms with van der Waals surface area (Å²) >= 11 is 0. The van der Waals surface area contributed by atoms with E-state index in [9.17, 15) is 4.79 Å². The summed E-state index contributed by atoms with van der Waals surface area (Å²) in [5, 5.41) is 0. The molecule has 1 saturated heterocycles. The van der Waals surface area contributed by atoms with E-state index in [1.807, 2.05) is 0 Å². The van der Waals surface area contributed by atoms with E-state index in [0.717, 1.165) is 12.8 Å². The van der Waals surface area contributed by atoms with Crippen LogP contribution in [-0.4, -0.2) is 12.6 Å². The van der Waals surface area contributed by atoms with Gasteiger partial charge in [-0.05, 0) is 25.2 Å². The van der Waals surface area contributed by atoms with Crippen LogP contribution in [0, 0.1) is 11.8 Å². The number of ether oxygens (including phenoxy) is 1. The normalized spacial score (nSPS) is 39.0. The minimum Gasteiger partial charge on any atom is -0.465 e. The zero-order chi connectivity index (χ0) is 6.97. The lowest BCUT2D eigenvalue weighted by molar-refractivity contribution is -0.155. The first kappa shape index (κ1) is 6.20. The Morgan fingerprint density at radius 1 is 1.30 bits per heavy atom. The van der Waals surface area contributed by atoms with Gasteiger partial charge in [0.15, 0.2) is 0 Å². The lowest BCUT2D eigenvalue weighted by Crippen LogP contribution is -2.28. The van der Waals surface area contributed by atoms with Gasteiger partial charge in [0, 0.05) is 0 Å². The number of esters is 1. The number of cyclic esters (lactones) is 1. The summed E-state index contributed by atoms with van der Waals surface area (Å²) in [6, 6.07) is 0. The van der Waals surface area contributed by atoms with Crippen molar-refractivity contribution in [3.63, 3.8) is 0 Å². The van der Waals surface area contributed by atoms with Gasteiger partial charge >= 0.3 is 5.97 Å². The largest absolute Gasteiger partial charge is 0.465 e. The molecule has 2 heteroatoms. The second-order valence-electron chi connectivity index (χ2n) is 3.25. The first-order valence-corrected chi connectivity index (χ1v) is 4.04. The topological polar surface area (TPSA) is 26.3 Å². The van der Waals surface area contributed by atoms with Crippen molar-refractivity contribution in [1.82, 2.24) is 0 Å². The Kier molecular flexibility index (Phi) is 1.40. The number of carbonyl (C=O) groups is 1. The van der Waals surface area contributed by atoms with Crippen LogP contribution in [0.15, 0.2) is 0 Å². The number of rotatable bonds is 0. The first-order valence-electron chi connectivity index (χ1n) is 4.04. The third-order valence-electron chi connectivity index (χ3n) is 2.69. The van der Waals surface area contributed by atoms with Crippen molar-refractivity contribution in [2.45, 2.75) is 25.7 Å². The number of carbonyl (C=O) groups excluding carboxylic acids is 1. The fourth-order valence-electron chi connectivity index (χ4n) is 2.11. The predicted octanol–water partition coefficient (Wildman–Crippen LogP) is 1.35. The third-order valence-corrected chi connectivity index (χ3v) is 2.69. The van der Waals surface area contributed by atoms with Crippen molar-refractivity contribution in [3.8, 4) is 0 Å². The van der Waals surface area contributed by atoms with E-state index in [4.69, 9.17) is 4.74 Å². The van der Waals surface area contributed by atoms with Crippen molar-refractivity contribution in [2.24, 2.45) is 11.8 Å². The second-order valence-corrected chi connectivity index (χ2v) is 3.25. The molecule has 0 amide bonds. The quantitative estimate of drug-likeness (QED) is 0.475. The summed E-state index contributed by atoms with van der Waals surface area (Å²) in [6.07, 6.45) is 4.66. The van der Waals surface area contributed by atoms with E-state index in [2.05, 4.69) is 0 Å². The van der Waals surface area contributed by atoms with E-state index in [1.54, 1.807) is 0 Å². The molecule has 0 aromatic rings. The molecule has 0 unspecified atom stereocenters. The first-order chi connectivity index (χ1) is 4.88. The molecule has 2 atom stereocenters. The highest BCUT2D eigenvalue weighted by molar-refractivity contribution is 5.73. The van der Waals surface area contributed by atoms with Crippen LogP contribution in [0.5, 0.6) is 0 Å². The minimum absolute atomic E-state index is 0.0637. The van der Waals surface area contributed by atoms with Gasteiger partial charge in [-0.15, -0.1) is 0 Å². The van der Waals surface area contributed by atoms with Gasteiger partial charge in [0.1, 0.15) is 0 Å². The molecule has 2 rings (SSSR count). The van der Waals surface area contributed by atoms with E-state index in [1.165, 1.54) is 12.8 Å². The maximum atomic E-state index is 11.1. The molecular weight excluding hydrogens is 128 g/mol. The molecule has 1 heterocycles. The molecule has 0 aromatic carbocycles. The van der Waals surface area contributed by atoms with Crippen LogP contribution in [0.3, 0.4) is 0 Å². The lowest BCUT2D eigenvalue weighted by Gasteiger charge is -2.23. The minimum atomic E-state index is 0.0637. The van der Waals surface area contributed by atoms with Gasteiger partial charge in [0.25, 0.3) is 0 Å². The molecule has 0 aromatic heterocycles. The van der Waals surface area contributed by atoms with Crippen molar-refractivity contribution >= 4 is 5.97 Å². The van der Waals surface area contributed by atoms with Crippen molar-refractivity contribution in [2.75, 3.05) is 6.61 Å². The Balaban J connectivity index is 2.10. The third kappa shape index (κ3) is 0.825. The van der Waals surface area contributed by atoms with Gasteiger partial charge < -0.3 is 4.74 Å². The van der Waals surface area contributed by atoms with E-state index in [0.29, 0.717) is 12.5 Å². The average Bonchev–Trinajstić information content (AvgIpc) is 2.36. The summed E-state index contributed by atoms with van der Waals surface area (Å²) in [6.45, 7) is 0.667. The Labute approximate surface area is 60.6 Å². The van der Waals surface area contributed by atoms with Gasteiger partial charge in [0.05, 0.1) is 12.5 Å². The fraction of sp³-hybridized carbons (Fsp3) is 0.875. The van der Waals surface area contributed by atoms with Crippen molar-refractivity contribution in [1.29, 1.82) is 0 Å². The maximum Gasteiger partial charge on any atom is 0.309 e. The molecule has 2 aliphatic rings. The molecule has 1 aliphatic carbocycles. The number of fused-ring (bicyclic) bond motifs is 1. The second kappa shape index (κ2) is 2.26. The fourth-order valence-corrected chi connectivity index (χ4v) is 2.11. The SMILES string of the molecule is O=C1OCC[C@@H]2CCC[C@H]12. The van der Waals surface area contributed by atoms with Crippen LogP contribution in [0.25, 0.3) is 0 Å². The van der Waals surface area contributed by atoms with Crippen LogP contribution in [-0.2, 0) is 9.53 Å². The smallest absolute Gasteiger partial charge is 0.309 e. The predicted molar refractivity (Wildman–Crippen MR) is 36.4 cm³/mol. The van der Waals surface area contributed by atoms with Gasteiger partial charge in [0.2, 0.25) is 0 Å². The van der Waals surface area contributed by atoms with Crippen LogP contribution in [0.1, 0.15) is 25.7 Å². The summed E-state index contributed by atoms with van der Waals surface area (Å²) in [7, 11) is 0. The Morgan fingerprint density at radius 2 is 2.20 bits per heavy atom. The Morgan fingerprint density at radius 3 is 3.00 bits per heavy atom. The molecule has 0 spiro atoms. The molecular formula is C8H12O2. The van der Waals surface area contributed by atoms with Gasteiger partial charge in [-0.2, -0.15) is 0 Å². The molecule has 10 heavy (non-hydrogen) atoms. The van der Waals surface area contributed by atoms with Crippen LogP contribution < -0.4 is 0 Å². The molecule has 2 fully saturated rings. The van der Waals surface area contributed by atoms with Gasteiger partial charge in [-0.25, -0.2) is 0 Å². The van der Waals surface area contributed by atoms with E-state index in [-0.39, 0.29) is 11.9 Å². The molecule has 2 nitrogen and oxygen atoms in total. The van der Waals surface area contributed by atoms with Crippen molar-refractivity contribution in [3.05, 3.63) is 0 Å². The highest BCUT2D eigenvalue weighted by Crippen LogP contribution is 2.37. The maximum absolute atomic E-state index is 11.1. The standard InChI is InChI=1S/C8H12O2/c9-8-7-3-1-2-6(7)4-5-10-8/h6-7H,1-5H2/t6-,7-/m0/s1. The van der Waals surface area contributed by atoms with Gasteiger partial charge in [-0.1, -0.05) is 6.42 Å². The van der Waals surface area contributed by atoms with E-state index < -0.39 is 0 Å². The average molecular weight is 140 g/mol. The van der Waals surface area contributed by atoms with Crippen LogP contribution in [0.4, 0.5) is 0 Å². The number of hydrogen-bond acceptors (Lipinski definition) is 2. The highest BCUT2D eigenvalue weighted by Gasteiger charge is 2.36. The molecule has 0 bridgehead atoms. The lowest BCUT2D eigenvalue weighted by atomic mass is 9.91. The van der Waals surface area contributed by atoms with Crippen molar-refractivity contribution < 1.29 is 9.53 Å². The summed E-state index contributed by atoms with van der Waals surface area (Å²) in [5.74, 6) is 1.00. The summed E-state index contributed by atoms with van der Waals surface area (Å²) < 4.78 is 4.95. The summed E-state index contributed by atoms with van der Waals surface area (Å²) in [4.78, 5) is 11.1. The molecule has 1 aliphatic heterocycles. The monoisotopic (exact) mass is 140 g/mol. The van der Waals surface area contributed by atoms with E-state index >= 15 is 0 Å².